The topological polar surface area (TPSA) is 17.1 Å². The number of carbonyl (C=O) groups is 1. The monoisotopic (exact) mass is 332 g/mol. The fourth-order valence-electron chi connectivity index (χ4n) is 2.23. The summed E-state index contributed by atoms with van der Waals surface area (Å²) in [4.78, 5) is 13.0. The fraction of sp³-hybridized carbons (Fsp3) is 0.0556. The Morgan fingerprint density at radius 2 is 1.65 bits per heavy atom. The molecule has 23 heavy (non-hydrogen) atoms. The van der Waals surface area contributed by atoms with Crippen molar-refractivity contribution in [2.75, 3.05) is 0 Å². The van der Waals surface area contributed by atoms with Crippen LogP contribution in [0.1, 0.15) is 20.8 Å². The second-order valence-corrected chi connectivity index (χ2v) is 6.12. The number of allylic oxidation sites excluding steroid dienone is 1. The molecule has 1 aromatic heterocycles. The number of halogens is 3. The van der Waals surface area contributed by atoms with E-state index in [-0.39, 0.29) is 11.4 Å². The van der Waals surface area contributed by atoms with E-state index < -0.39 is 11.7 Å². The maximum absolute atomic E-state index is 12.6. The van der Waals surface area contributed by atoms with E-state index in [1.54, 1.807) is 6.07 Å². The minimum absolute atomic E-state index is 0.185. The third kappa shape index (κ3) is 3.05. The van der Waals surface area contributed by atoms with Crippen LogP contribution in [0.5, 0.6) is 0 Å². The highest BCUT2D eigenvalue weighted by molar-refractivity contribution is 7.21. The van der Waals surface area contributed by atoms with E-state index in [9.17, 15) is 18.0 Å². The number of ketones is 1. The molecule has 3 rings (SSSR count). The first-order valence-electron chi connectivity index (χ1n) is 6.76. The van der Waals surface area contributed by atoms with Crippen LogP contribution in [0.2, 0.25) is 0 Å². The van der Waals surface area contributed by atoms with Gasteiger partial charge < -0.3 is 0 Å². The molecule has 0 unspecified atom stereocenters. The van der Waals surface area contributed by atoms with Gasteiger partial charge in [-0.3, -0.25) is 4.79 Å². The van der Waals surface area contributed by atoms with E-state index in [2.05, 4.69) is 6.58 Å². The van der Waals surface area contributed by atoms with Crippen LogP contribution < -0.4 is 0 Å². The molecule has 0 aliphatic heterocycles. The number of hydrogen-bond donors (Lipinski definition) is 0. The molecule has 0 N–H and O–H groups in total. The lowest BCUT2D eigenvalue weighted by Gasteiger charge is -2.08. The first kappa shape index (κ1) is 15.5. The summed E-state index contributed by atoms with van der Waals surface area (Å²) in [6, 6.07) is 13.8. The van der Waals surface area contributed by atoms with Crippen molar-refractivity contribution in [2.24, 2.45) is 0 Å². The van der Waals surface area contributed by atoms with Crippen molar-refractivity contribution in [1.82, 2.24) is 0 Å². The van der Waals surface area contributed by atoms with Crippen molar-refractivity contribution in [3.63, 3.8) is 0 Å². The third-order valence-electron chi connectivity index (χ3n) is 3.48. The van der Waals surface area contributed by atoms with Gasteiger partial charge in [-0.15, -0.1) is 11.3 Å². The number of fused-ring (bicyclic) bond motifs is 1. The summed E-state index contributed by atoms with van der Waals surface area (Å²) < 4.78 is 38.7. The molecule has 2 aromatic carbocycles. The zero-order valence-electron chi connectivity index (χ0n) is 11.9. The second-order valence-electron chi connectivity index (χ2n) is 5.03. The molecule has 0 atom stereocenters. The van der Waals surface area contributed by atoms with E-state index in [0.29, 0.717) is 10.4 Å². The third-order valence-corrected chi connectivity index (χ3v) is 4.60. The molecule has 0 saturated carbocycles. The largest absolute Gasteiger partial charge is 0.416 e. The number of alkyl halides is 3. The van der Waals surface area contributed by atoms with E-state index in [4.69, 9.17) is 0 Å². The smallest absolute Gasteiger partial charge is 0.288 e. The lowest BCUT2D eigenvalue weighted by atomic mass is 10.0. The van der Waals surface area contributed by atoms with E-state index in [1.807, 2.05) is 24.3 Å². The Bertz CT molecular complexity index is 856. The minimum Gasteiger partial charge on any atom is -0.288 e. The average Bonchev–Trinajstić information content (AvgIpc) is 2.96. The van der Waals surface area contributed by atoms with Crippen LogP contribution >= 0.6 is 11.3 Å². The quantitative estimate of drug-likeness (QED) is 0.436. The predicted molar refractivity (Wildman–Crippen MR) is 86.6 cm³/mol. The number of thiophene rings is 1. The van der Waals surface area contributed by atoms with Crippen molar-refractivity contribution in [1.29, 1.82) is 0 Å². The average molecular weight is 332 g/mol. The summed E-state index contributed by atoms with van der Waals surface area (Å²) in [6.07, 6.45) is -4.39. The summed E-state index contributed by atoms with van der Waals surface area (Å²) >= 11 is 1.35. The summed E-state index contributed by atoms with van der Waals surface area (Å²) in [6.45, 7) is 3.74. The van der Waals surface area contributed by atoms with Crippen LogP contribution in [0, 0.1) is 0 Å². The Labute approximate surface area is 134 Å². The fourth-order valence-corrected chi connectivity index (χ4v) is 3.26. The number of carbonyl (C=O) groups excluding carboxylic acids is 1. The molecule has 0 amide bonds. The van der Waals surface area contributed by atoms with Gasteiger partial charge in [0.1, 0.15) is 0 Å². The number of Topliss-reactive ketones (excluding diaryl/α,β-unsaturated/α-hetero) is 1. The zero-order chi connectivity index (χ0) is 16.6. The van der Waals surface area contributed by atoms with Gasteiger partial charge in [0.2, 0.25) is 5.78 Å². The molecule has 116 valence electrons. The number of hydrogen-bond acceptors (Lipinski definition) is 2. The Morgan fingerprint density at radius 1 is 1.00 bits per heavy atom. The lowest BCUT2D eigenvalue weighted by molar-refractivity contribution is -0.137. The van der Waals surface area contributed by atoms with Crippen LogP contribution in [-0.2, 0) is 6.18 Å². The summed E-state index contributed by atoms with van der Waals surface area (Å²) in [5, 5.41) is 0.959. The number of benzene rings is 2. The van der Waals surface area contributed by atoms with Crippen LogP contribution in [-0.4, -0.2) is 5.78 Å². The zero-order valence-corrected chi connectivity index (χ0v) is 12.7. The summed E-state index contributed by atoms with van der Waals surface area (Å²) in [7, 11) is 0. The molecule has 3 aromatic rings. The predicted octanol–water partition coefficient (Wildman–Crippen LogP) is 5.82. The van der Waals surface area contributed by atoms with Crippen molar-refractivity contribution in [3.8, 4) is 0 Å². The van der Waals surface area contributed by atoms with Gasteiger partial charge in [-0.1, -0.05) is 36.9 Å². The SMILES string of the molecule is C=C(C(=O)c1cc2ccccc2s1)c1ccc(C(F)(F)F)cc1. The Balaban J connectivity index is 1.88. The van der Waals surface area contributed by atoms with E-state index >= 15 is 0 Å². The molecule has 0 fully saturated rings. The summed E-state index contributed by atoms with van der Waals surface area (Å²) in [5.74, 6) is -0.272. The molecular weight excluding hydrogens is 321 g/mol. The normalized spacial score (nSPS) is 11.6. The Hall–Kier alpha value is -2.40. The molecule has 0 aliphatic carbocycles. The second kappa shape index (κ2) is 5.66. The molecule has 0 saturated heterocycles. The first-order valence-corrected chi connectivity index (χ1v) is 7.58. The van der Waals surface area contributed by atoms with Gasteiger partial charge in [0, 0.05) is 10.3 Å². The lowest BCUT2D eigenvalue weighted by Crippen LogP contribution is -2.05. The van der Waals surface area contributed by atoms with Gasteiger partial charge in [-0.2, -0.15) is 13.2 Å². The molecule has 0 aliphatic rings. The van der Waals surface area contributed by atoms with Crippen LogP contribution in [0.4, 0.5) is 13.2 Å². The van der Waals surface area contributed by atoms with Gasteiger partial charge in [0.15, 0.2) is 0 Å². The van der Waals surface area contributed by atoms with Gasteiger partial charge in [0.25, 0.3) is 0 Å². The highest BCUT2D eigenvalue weighted by Crippen LogP contribution is 2.32. The van der Waals surface area contributed by atoms with Gasteiger partial charge in [-0.25, -0.2) is 0 Å². The maximum atomic E-state index is 12.6. The van der Waals surface area contributed by atoms with Gasteiger partial charge in [-0.05, 0) is 35.2 Å². The molecule has 1 nitrogen and oxygen atoms in total. The van der Waals surface area contributed by atoms with E-state index in [0.717, 1.165) is 22.2 Å². The highest BCUT2D eigenvalue weighted by Gasteiger charge is 2.30. The molecule has 5 heteroatoms. The van der Waals surface area contributed by atoms with Crippen molar-refractivity contribution in [2.45, 2.75) is 6.18 Å². The molecule has 1 heterocycles. The van der Waals surface area contributed by atoms with Crippen molar-refractivity contribution in [3.05, 3.63) is 77.2 Å². The summed E-state index contributed by atoms with van der Waals surface area (Å²) in [5.41, 5.74) is -0.172. The maximum Gasteiger partial charge on any atom is 0.416 e. The standard InChI is InChI=1S/C18H11F3OS/c1-11(12-6-8-14(9-7-12)18(19,20)21)17(22)16-10-13-4-2-3-5-15(13)23-16/h2-10H,1H2. The minimum atomic E-state index is -4.39. The molecule has 0 radical (unpaired) electrons. The molecule has 0 bridgehead atoms. The highest BCUT2D eigenvalue weighted by atomic mass is 32.1. The number of rotatable bonds is 3. The van der Waals surface area contributed by atoms with Crippen LogP contribution in [0.15, 0.2) is 61.2 Å². The van der Waals surface area contributed by atoms with Crippen LogP contribution in [0.3, 0.4) is 0 Å². The van der Waals surface area contributed by atoms with Gasteiger partial charge in [0.05, 0.1) is 10.4 Å². The van der Waals surface area contributed by atoms with Crippen molar-refractivity contribution < 1.29 is 18.0 Å². The van der Waals surface area contributed by atoms with Crippen LogP contribution in [0.25, 0.3) is 15.7 Å². The van der Waals surface area contributed by atoms with Crippen molar-refractivity contribution >= 4 is 32.8 Å². The van der Waals surface area contributed by atoms with E-state index in [1.165, 1.54) is 23.5 Å². The molecular formula is C18H11F3OS. The van der Waals surface area contributed by atoms with Gasteiger partial charge >= 0.3 is 6.18 Å². The molecule has 0 spiro atoms. The Kier molecular flexibility index (Phi) is 3.82. The Morgan fingerprint density at radius 3 is 2.26 bits per heavy atom. The first-order chi connectivity index (χ1) is 10.9.